The van der Waals surface area contributed by atoms with Gasteiger partial charge in [0.1, 0.15) is 0 Å². The Bertz CT molecular complexity index is 360. The number of hydrogen-bond acceptors (Lipinski definition) is 7. The van der Waals surface area contributed by atoms with Crippen LogP contribution in [0.3, 0.4) is 0 Å². The molecule has 7 nitrogen and oxygen atoms in total. The summed E-state index contributed by atoms with van der Waals surface area (Å²) in [6, 6.07) is 0. The van der Waals surface area contributed by atoms with Crippen molar-refractivity contribution in [2.75, 3.05) is 46.4 Å². The molecule has 0 bridgehead atoms. The molecule has 0 saturated carbocycles. The Morgan fingerprint density at radius 1 is 1.11 bits per heavy atom. The highest BCUT2D eigenvalue weighted by Crippen LogP contribution is 1.94. The minimum absolute atomic E-state index is 0.0340. The molecule has 0 aliphatic rings. The van der Waals surface area contributed by atoms with Crippen molar-refractivity contribution in [3.05, 3.63) is 12.2 Å². The van der Waals surface area contributed by atoms with Gasteiger partial charge in [-0.25, -0.2) is 4.79 Å². The largest absolute Gasteiger partial charge is 0.466 e. The van der Waals surface area contributed by atoms with Crippen molar-refractivity contribution in [2.45, 2.75) is 0 Å². The van der Waals surface area contributed by atoms with Crippen molar-refractivity contribution in [3.8, 4) is 0 Å². The predicted molar refractivity (Wildman–Crippen MR) is 63.6 cm³/mol. The summed E-state index contributed by atoms with van der Waals surface area (Å²) >= 11 is 0. The molecule has 0 unspecified atom stereocenters. The number of hydrogen-bond donors (Lipinski definition) is 0. The molecule has 0 radical (unpaired) electrons. The van der Waals surface area contributed by atoms with Gasteiger partial charge in [-0.3, -0.25) is 4.18 Å². The van der Waals surface area contributed by atoms with Crippen LogP contribution in [0.4, 0.5) is 0 Å². The summed E-state index contributed by atoms with van der Waals surface area (Å²) in [5.74, 6) is -0.516. The van der Waals surface area contributed by atoms with Gasteiger partial charge < -0.3 is 14.2 Å². The van der Waals surface area contributed by atoms with Gasteiger partial charge in [-0.15, -0.1) is 0 Å². The van der Waals surface area contributed by atoms with Gasteiger partial charge in [0.15, 0.2) is 0 Å². The first-order valence-corrected chi connectivity index (χ1v) is 6.94. The number of esters is 1. The lowest BCUT2D eigenvalue weighted by Crippen LogP contribution is -2.14. The Morgan fingerprint density at radius 3 is 2.22 bits per heavy atom. The molecular formula is C10H18O7S. The second-order valence-electron chi connectivity index (χ2n) is 3.29. The number of methoxy groups -OCH3 is 1. The van der Waals surface area contributed by atoms with Crippen LogP contribution in [-0.4, -0.2) is 60.8 Å². The summed E-state index contributed by atoms with van der Waals surface area (Å²) in [5.41, 5.74) is 0.220. The van der Waals surface area contributed by atoms with Gasteiger partial charge in [-0.2, -0.15) is 8.42 Å². The Labute approximate surface area is 107 Å². The van der Waals surface area contributed by atoms with Gasteiger partial charge in [0.2, 0.25) is 0 Å². The maximum atomic E-state index is 10.9. The van der Waals surface area contributed by atoms with Crippen molar-refractivity contribution >= 4 is 16.1 Å². The summed E-state index contributed by atoms with van der Waals surface area (Å²) in [6.45, 7) is 4.18. The summed E-state index contributed by atoms with van der Waals surface area (Å²) in [7, 11) is -2.16. The average molecular weight is 282 g/mol. The topological polar surface area (TPSA) is 88.1 Å². The fourth-order valence-electron chi connectivity index (χ4n) is 0.863. The van der Waals surface area contributed by atoms with Gasteiger partial charge in [-0.1, -0.05) is 6.58 Å². The van der Waals surface area contributed by atoms with E-state index in [1.54, 1.807) is 0 Å². The molecule has 0 amide bonds. The molecule has 0 saturated heterocycles. The van der Waals surface area contributed by atoms with Crippen LogP contribution in [0.25, 0.3) is 0 Å². The van der Waals surface area contributed by atoms with E-state index in [1.807, 2.05) is 0 Å². The van der Waals surface area contributed by atoms with E-state index in [0.29, 0.717) is 0 Å². The van der Waals surface area contributed by atoms with E-state index in [4.69, 9.17) is 9.47 Å². The molecule has 0 spiro atoms. The molecule has 0 aromatic carbocycles. The average Bonchev–Trinajstić information content (AvgIpc) is 2.29. The van der Waals surface area contributed by atoms with E-state index >= 15 is 0 Å². The lowest BCUT2D eigenvalue weighted by Gasteiger charge is -2.06. The van der Waals surface area contributed by atoms with E-state index in [0.717, 1.165) is 6.26 Å². The number of ether oxygens (including phenoxy) is 3. The SMILES string of the molecule is C=C(COCCOCCOS(C)(=O)=O)C(=O)OC. The number of rotatable bonds is 10. The molecule has 0 aliphatic heterocycles. The van der Waals surface area contributed by atoms with Gasteiger partial charge in [0.05, 0.1) is 52.0 Å². The van der Waals surface area contributed by atoms with Crippen LogP contribution in [0.5, 0.6) is 0 Å². The zero-order valence-corrected chi connectivity index (χ0v) is 11.3. The first-order valence-electron chi connectivity index (χ1n) is 5.13. The third kappa shape index (κ3) is 10.2. The van der Waals surface area contributed by atoms with Crippen LogP contribution in [0, 0.1) is 0 Å². The minimum atomic E-state index is -3.42. The monoisotopic (exact) mass is 282 g/mol. The molecule has 106 valence electrons. The Kier molecular flexibility index (Phi) is 8.55. The van der Waals surface area contributed by atoms with E-state index in [1.165, 1.54) is 7.11 Å². The van der Waals surface area contributed by atoms with Gasteiger partial charge >= 0.3 is 5.97 Å². The smallest absolute Gasteiger partial charge is 0.335 e. The normalized spacial score (nSPS) is 11.2. The van der Waals surface area contributed by atoms with Crippen molar-refractivity contribution in [1.82, 2.24) is 0 Å². The molecule has 0 fully saturated rings. The molecule has 0 aliphatic carbocycles. The standard InChI is InChI=1S/C10H18O7S/c1-9(10(11)14-2)8-16-5-4-15-6-7-17-18(3,12)13/h1,4-8H2,2-3H3. The molecule has 0 aromatic rings. The number of carbonyl (C=O) groups is 1. The van der Waals surface area contributed by atoms with Crippen molar-refractivity contribution in [1.29, 1.82) is 0 Å². The third-order valence-electron chi connectivity index (χ3n) is 1.65. The Balaban J connectivity index is 3.37. The minimum Gasteiger partial charge on any atom is -0.466 e. The summed E-state index contributed by atoms with van der Waals surface area (Å²) in [6.07, 6.45) is 0.967. The van der Waals surface area contributed by atoms with Gasteiger partial charge in [0, 0.05) is 0 Å². The molecule has 0 atom stereocenters. The molecule has 0 heterocycles. The van der Waals surface area contributed by atoms with Crippen molar-refractivity contribution in [3.63, 3.8) is 0 Å². The first kappa shape index (κ1) is 17.0. The lowest BCUT2D eigenvalue weighted by atomic mass is 10.3. The zero-order valence-electron chi connectivity index (χ0n) is 10.5. The van der Waals surface area contributed by atoms with E-state index in [2.05, 4.69) is 15.5 Å². The molecule has 18 heavy (non-hydrogen) atoms. The quantitative estimate of drug-likeness (QED) is 0.236. The fourth-order valence-corrected chi connectivity index (χ4v) is 1.23. The van der Waals surface area contributed by atoms with Crippen LogP contribution in [0.1, 0.15) is 0 Å². The third-order valence-corrected chi connectivity index (χ3v) is 2.24. The van der Waals surface area contributed by atoms with Crippen LogP contribution in [0.2, 0.25) is 0 Å². The maximum absolute atomic E-state index is 10.9. The molecule has 0 N–H and O–H groups in total. The number of carbonyl (C=O) groups excluding carboxylic acids is 1. The van der Waals surface area contributed by atoms with Crippen LogP contribution < -0.4 is 0 Å². The molecular weight excluding hydrogens is 264 g/mol. The van der Waals surface area contributed by atoms with Crippen LogP contribution in [0.15, 0.2) is 12.2 Å². The molecule has 8 heteroatoms. The highest BCUT2D eigenvalue weighted by Gasteiger charge is 2.05. The second kappa shape index (κ2) is 9.03. The lowest BCUT2D eigenvalue weighted by molar-refractivity contribution is -0.136. The maximum Gasteiger partial charge on any atom is 0.335 e. The van der Waals surface area contributed by atoms with E-state index in [-0.39, 0.29) is 38.6 Å². The Hall–Kier alpha value is -0.960. The van der Waals surface area contributed by atoms with E-state index < -0.39 is 16.1 Å². The van der Waals surface area contributed by atoms with Gasteiger partial charge in [0.25, 0.3) is 10.1 Å². The molecule has 0 rings (SSSR count). The summed E-state index contributed by atoms with van der Waals surface area (Å²) in [4.78, 5) is 10.9. The van der Waals surface area contributed by atoms with Crippen molar-refractivity contribution < 1.29 is 31.6 Å². The van der Waals surface area contributed by atoms with E-state index in [9.17, 15) is 13.2 Å². The highest BCUT2D eigenvalue weighted by atomic mass is 32.2. The first-order chi connectivity index (χ1) is 8.37. The van der Waals surface area contributed by atoms with Crippen molar-refractivity contribution in [2.24, 2.45) is 0 Å². The zero-order chi connectivity index (χ0) is 14.0. The van der Waals surface area contributed by atoms with Gasteiger partial charge in [-0.05, 0) is 0 Å². The second-order valence-corrected chi connectivity index (χ2v) is 4.93. The predicted octanol–water partition coefficient (Wildman–Crippen LogP) is -0.275. The highest BCUT2D eigenvalue weighted by molar-refractivity contribution is 7.85. The van der Waals surface area contributed by atoms with Crippen LogP contribution in [-0.2, 0) is 33.3 Å². The summed E-state index contributed by atoms with van der Waals surface area (Å²) < 4.78 is 40.2. The van der Waals surface area contributed by atoms with Crippen LogP contribution >= 0.6 is 0 Å². The molecule has 0 aromatic heterocycles. The fraction of sp³-hybridized carbons (Fsp3) is 0.700. The summed E-state index contributed by atoms with van der Waals surface area (Å²) in [5, 5.41) is 0. The Morgan fingerprint density at radius 2 is 1.67 bits per heavy atom.